The zero-order valence-electron chi connectivity index (χ0n) is 10.9. The molecule has 4 nitrogen and oxygen atoms in total. The van der Waals surface area contributed by atoms with Gasteiger partial charge in [0.2, 0.25) is 10.0 Å². The fourth-order valence-electron chi connectivity index (χ4n) is 2.17. The van der Waals surface area contributed by atoms with Gasteiger partial charge in [-0.05, 0) is 49.4 Å². The summed E-state index contributed by atoms with van der Waals surface area (Å²) in [6.45, 7) is 3.64. The molecule has 1 saturated heterocycles. The zero-order valence-corrected chi connectivity index (χ0v) is 12.4. The average molecular weight is 304 g/mol. The number of aryl methyl sites for hydroxylation is 1. The van der Waals surface area contributed by atoms with Gasteiger partial charge in [0.1, 0.15) is 0 Å². The number of halogens is 1. The van der Waals surface area contributed by atoms with E-state index in [1.54, 1.807) is 25.1 Å². The smallest absolute Gasteiger partial charge is 0.240 e. The molecule has 1 aromatic rings. The summed E-state index contributed by atoms with van der Waals surface area (Å²) in [4.78, 5) is 0.295. The first-order valence-electron chi connectivity index (χ1n) is 6.32. The van der Waals surface area contributed by atoms with E-state index in [1.165, 1.54) is 0 Å². The van der Waals surface area contributed by atoms with Crippen molar-refractivity contribution in [2.45, 2.75) is 24.7 Å². The Balaban J connectivity index is 2.05. The summed E-state index contributed by atoms with van der Waals surface area (Å²) in [5.41, 5.74) is 0.659. The monoisotopic (exact) mass is 303 g/mol. The maximum absolute atomic E-state index is 12.2. The molecule has 0 aromatic heterocycles. The third-order valence-corrected chi connectivity index (χ3v) is 5.15. The standard InChI is InChI=1S/C13H18ClNO3S/c1-10-8-12(14)2-3-13(10)19(16,17)15-9-11-4-6-18-7-5-11/h2-3,8,11,15H,4-7,9H2,1H3. The van der Waals surface area contributed by atoms with Crippen LogP contribution >= 0.6 is 11.6 Å². The summed E-state index contributed by atoms with van der Waals surface area (Å²) in [6.07, 6.45) is 1.81. The van der Waals surface area contributed by atoms with Crippen LogP contribution in [0.2, 0.25) is 5.02 Å². The van der Waals surface area contributed by atoms with Gasteiger partial charge in [-0.25, -0.2) is 13.1 Å². The normalized spacial score (nSPS) is 17.6. The summed E-state index contributed by atoms with van der Waals surface area (Å²) in [6, 6.07) is 4.80. The van der Waals surface area contributed by atoms with Gasteiger partial charge >= 0.3 is 0 Å². The lowest BCUT2D eigenvalue weighted by atomic mass is 10.0. The third kappa shape index (κ3) is 3.92. The van der Waals surface area contributed by atoms with E-state index in [4.69, 9.17) is 16.3 Å². The van der Waals surface area contributed by atoms with Crippen molar-refractivity contribution in [3.8, 4) is 0 Å². The summed E-state index contributed by atoms with van der Waals surface area (Å²) in [5, 5.41) is 0.542. The van der Waals surface area contributed by atoms with E-state index in [2.05, 4.69) is 4.72 Å². The van der Waals surface area contributed by atoms with Gasteiger partial charge in [0.25, 0.3) is 0 Å². The second-order valence-corrected chi connectivity index (χ2v) is 6.99. The van der Waals surface area contributed by atoms with Gasteiger partial charge in [0.05, 0.1) is 4.90 Å². The highest BCUT2D eigenvalue weighted by atomic mass is 35.5. The van der Waals surface area contributed by atoms with Crippen molar-refractivity contribution >= 4 is 21.6 Å². The van der Waals surface area contributed by atoms with Crippen LogP contribution in [-0.2, 0) is 14.8 Å². The molecule has 0 atom stereocenters. The number of benzene rings is 1. The maximum atomic E-state index is 12.2. The fourth-order valence-corrected chi connectivity index (χ4v) is 3.74. The van der Waals surface area contributed by atoms with Crippen molar-refractivity contribution in [2.24, 2.45) is 5.92 Å². The Labute approximate surface area is 119 Å². The van der Waals surface area contributed by atoms with Crippen molar-refractivity contribution in [1.82, 2.24) is 4.72 Å². The molecule has 1 aliphatic rings. The minimum atomic E-state index is -3.46. The highest BCUT2D eigenvalue weighted by Crippen LogP contribution is 2.20. The molecule has 1 aromatic carbocycles. The van der Waals surface area contributed by atoms with Crippen molar-refractivity contribution in [2.75, 3.05) is 19.8 Å². The minimum absolute atomic E-state index is 0.295. The van der Waals surface area contributed by atoms with E-state index in [0.29, 0.717) is 41.2 Å². The largest absolute Gasteiger partial charge is 0.381 e. The van der Waals surface area contributed by atoms with E-state index in [-0.39, 0.29) is 0 Å². The van der Waals surface area contributed by atoms with Gasteiger partial charge in [-0.15, -0.1) is 0 Å². The van der Waals surface area contributed by atoms with Crippen LogP contribution in [-0.4, -0.2) is 28.2 Å². The molecule has 0 amide bonds. The molecule has 1 heterocycles. The Morgan fingerprint density at radius 3 is 2.68 bits per heavy atom. The van der Waals surface area contributed by atoms with Gasteiger partial charge in [-0.3, -0.25) is 0 Å². The van der Waals surface area contributed by atoms with Crippen LogP contribution in [0.3, 0.4) is 0 Å². The lowest BCUT2D eigenvalue weighted by molar-refractivity contribution is 0.0678. The van der Waals surface area contributed by atoms with E-state index >= 15 is 0 Å². The van der Waals surface area contributed by atoms with Crippen LogP contribution in [0.25, 0.3) is 0 Å². The fraction of sp³-hybridized carbons (Fsp3) is 0.538. The number of nitrogens with one attached hydrogen (secondary N) is 1. The Hall–Kier alpha value is -0.620. The molecule has 106 valence electrons. The molecule has 19 heavy (non-hydrogen) atoms. The van der Waals surface area contributed by atoms with Crippen LogP contribution < -0.4 is 4.72 Å². The molecule has 6 heteroatoms. The highest BCUT2D eigenvalue weighted by Gasteiger charge is 2.20. The maximum Gasteiger partial charge on any atom is 0.240 e. The Bertz CT molecular complexity index is 539. The first-order valence-corrected chi connectivity index (χ1v) is 8.19. The molecular formula is C13H18ClNO3S. The Morgan fingerprint density at radius 2 is 2.05 bits per heavy atom. The molecule has 0 bridgehead atoms. The molecule has 0 unspecified atom stereocenters. The highest BCUT2D eigenvalue weighted by molar-refractivity contribution is 7.89. The number of rotatable bonds is 4. The average Bonchev–Trinajstić information content (AvgIpc) is 2.37. The first-order chi connectivity index (χ1) is 8.99. The van der Waals surface area contributed by atoms with Crippen molar-refractivity contribution in [3.05, 3.63) is 28.8 Å². The first kappa shape index (κ1) is 14.8. The molecule has 0 radical (unpaired) electrons. The van der Waals surface area contributed by atoms with E-state index < -0.39 is 10.0 Å². The summed E-state index contributed by atoms with van der Waals surface area (Å²) in [7, 11) is -3.46. The van der Waals surface area contributed by atoms with Gasteiger partial charge in [-0.2, -0.15) is 0 Å². The molecule has 0 saturated carbocycles. The van der Waals surface area contributed by atoms with Gasteiger partial charge in [-0.1, -0.05) is 11.6 Å². The van der Waals surface area contributed by atoms with E-state index in [0.717, 1.165) is 12.8 Å². The third-order valence-electron chi connectivity index (χ3n) is 3.33. The summed E-state index contributed by atoms with van der Waals surface area (Å²) >= 11 is 5.84. The van der Waals surface area contributed by atoms with Crippen LogP contribution in [0.15, 0.2) is 23.1 Å². The predicted octanol–water partition coefficient (Wildman–Crippen LogP) is 2.35. The molecule has 0 spiro atoms. The molecule has 2 rings (SSSR count). The van der Waals surface area contributed by atoms with E-state index in [9.17, 15) is 8.42 Å². The van der Waals surface area contributed by atoms with E-state index in [1.807, 2.05) is 0 Å². The number of hydrogen-bond acceptors (Lipinski definition) is 3. The Kier molecular flexibility index (Phi) is 4.84. The quantitative estimate of drug-likeness (QED) is 0.929. The molecule has 1 N–H and O–H groups in total. The van der Waals surface area contributed by atoms with Crippen molar-refractivity contribution in [3.63, 3.8) is 0 Å². The molecule has 1 aliphatic heterocycles. The molecule has 1 fully saturated rings. The lowest BCUT2D eigenvalue weighted by Gasteiger charge is -2.22. The summed E-state index contributed by atoms with van der Waals surface area (Å²) < 4.78 is 32.4. The minimum Gasteiger partial charge on any atom is -0.381 e. The molecular weight excluding hydrogens is 286 g/mol. The Morgan fingerprint density at radius 1 is 1.37 bits per heavy atom. The number of sulfonamides is 1. The lowest BCUT2D eigenvalue weighted by Crippen LogP contribution is -2.32. The van der Waals surface area contributed by atoms with Gasteiger partial charge < -0.3 is 4.74 Å². The second-order valence-electron chi connectivity index (χ2n) is 4.82. The second kappa shape index (κ2) is 6.22. The van der Waals surface area contributed by atoms with Gasteiger partial charge in [0.15, 0.2) is 0 Å². The molecule has 0 aliphatic carbocycles. The van der Waals surface area contributed by atoms with Crippen LogP contribution in [0.5, 0.6) is 0 Å². The zero-order chi connectivity index (χ0) is 13.9. The van der Waals surface area contributed by atoms with Crippen LogP contribution in [0, 0.1) is 12.8 Å². The van der Waals surface area contributed by atoms with Crippen molar-refractivity contribution in [1.29, 1.82) is 0 Å². The predicted molar refractivity (Wildman–Crippen MR) is 74.9 cm³/mol. The van der Waals surface area contributed by atoms with Gasteiger partial charge in [0, 0.05) is 24.8 Å². The van der Waals surface area contributed by atoms with Crippen LogP contribution in [0.4, 0.5) is 0 Å². The summed E-state index contributed by atoms with van der Waals surface area (Å²) in [5.74, 6) is 0.358. The SMILES string of the molecule is Cc1cc(Cl)ccc1S(=O)(=O)NCC1CCOCC1. The van der Waals surface area contributed by atoms with Crippen LogP contribution in [0.1, 0.15) is 18.4 Å². The van der Waals surface area contributed by atoms with Crippen molar-refractivity contribution < 1.29 is 13.2 Å². The number of hydrogen-bond donors (Lipinski definition) is 1. The number of ether oxygens (including phenoxy) is 1. The topological polar surface area (TPSA) is 55.4 Å².